The summed E-state index contributed by atoms with van der Waals surface area (Å²) in [5, 5.41) is 5.29. The first-order valence-corrected chi connectivity index (χ1v) is 11.5. The van der Waals surface area contributed by atoms with Gasteiger partial charge in [0.1, 0.15) is 0 Å². The maximum Gasteiger partial charge on any atom is 0.416 e. The first-order chi connectivity index (χ1) is 16.3. The Morgan fingerprint density at radius 2 is 1.74 bits per heavy atom. The monoisotopic (exact) mass is 522 g/mol. The van der Waals surface area contributed by atoms with Gasteiger partial charge in [0.2, 0.25) is 0 Å². The molecule has 0 aliphatic carbocycles. The van der Waals surface area contributed by atoms with Crippen molar-refractivity contribution in [1.29, 1.82) is 0 Å². The normalized spacial score (nSPS) is 14.4. The topological polar surface area (TPSA) is 43.1 Å². The lowest BCUT2D eigenvalue weighted by molar-refractivity contribution is -0.137. The zero-order valence-electron chi connectivity index (χ0n) is 18.6. The van der Waals surface area contributed by atoms with E-state index in [1.54, 1.807) is 24.5 Å². The molecular weight excluding hydrogens is 500 g/mol. The quantitative estimate of drug-likeness (QED) is 0.320. The van der Waals surface area contributed by atoms with E-state index in [0.29, 0.717) is 5.69 Å². The molecule has 184 valence electrons. The molecule has 1 saturated heterocycles. The van der Waals surface area contributed by atoms with Crippen LogP contribution in [0.1, 0.15) is 18.4 Å². The summed E-state index contributed by atoms with van der Waals surface area (Å²) in [7, 11) is 0. The predicted molar refractivity (Wildman–Crippen MR) is 134 cm³/mol. The van der Waals surface area contributed by atoms with Crippen molar-refractivity contribution in [2.45, 2.75) is 25.6 Å². The van der Waals surface area contributed by atoms with E-state index in [-0.39, 0.29) is 34.1 Å². The van der Waals surface area contributed by atoms with E-state index in [2.05, 4.69) is 10.00 Å². The molecule has 2 aromatic carbocycles. The number of benzene rings is 2. The highest BCUT2D eigenvalue weighted by Crippen LogP contribution is 2.34. The second-order valence-corrected chi connectivity index (χ2v) is 8.86. The molecule has 10 heteroatoms. The molecule has 1 fully saturated rings. The fraction of sp³-hybridized carbons (Fsp3) is 0.280. The van der Waals surface area contributed by atoms with E-state index in [9.17, 15) is 18.0 Å². The zero-order valence-corrected chi connectivity index (χ0v) is 20.2. The van der Waals surface area contributed by atoms with Gasteiger partial charge in [-0.1, -0.05) is 17.7 Å². The van der Waals surface area contributed by atoms with Crippen molar-refractivity contribution in [1.82, 2.24) is 19.2 Å². The molecule has 1 aliphatic rings. The number of fused-ring (bicyclic) bond motifs is 1. The summed E-state index contributed by atoms with van der Waals surface area (Å²) >= 11 is 6.14. The lowest BCUT2D eigenvalue weighted by Gasteiger charge is -2.14. The molecule has 0 bridgehead atoms. The number of hydrogen-bond donors (Lipinski definition) is 0. The molecule has 0 N–H and O–H groups in total. The molecule has 3 heterocycles. The van der Waals surface area contributed by atoms with Crippen molar-refractivity contribution >= 4 is 34.9 Å². The van der Waals surface area contributed by atoms with Gasteiger partial charge in [0, 0.05) is 40.0 Å². The van der Waals surface area contributed by atoms with Crippen molar-refractivity contribution in [3.63, 3.8) is 0 Å². The van der Waals surface area contributed by atoms with Gasteiger partial charge >= 0.3 is 6.18 Å². The number of rotatable bonds is 5. The van der Waals surface area contributed by atoms with E-state index < -0.39 is 11.7 Å². The number of likely N-dealkylation sites (tertiary alicyclic amines) is 1. The Bertz CT molecular complexity index is 1410. The van der Waals surface area contributed by atoms with Crippen LogP contribution < -0.4 is 5.56 Å². The van der Waals surface area contributed by atoms with Gasteiger partial charge in [0.15, 0.2) is 0 Å². The summed E-state index contributed by atoms with van der Waals surface area (Å²) in [5.41, 5.74) is 0.876. The van der Waals surface area contributed by atoms with Gasteiger partial charge in [-0.25, -0.2) is 0 Å². The Morgan fingerprint density at radius 3 is 2.46 bits per heavy atom. The van der Waals surface area contributed by atoms with Crippen LogP contribution in [-0.2, 0) is 12.7 Å². The van der Waals surface area contributed by atoms with Crippen LogP contribution >= 0.6 is 24.0 Å². The highest BCUT2D eigenvalue weighted by Gasteiger charge is 2.31. The van der Waals surface area contributed by atoms with Crippen LogP contribution in [0.2, 0.25) is 5.02 Å². The number of pyridine rings is 1. The SMILES string of the molecule is Cl.O=c1c(-c2ccc(C(F)(F)F)cc2Cl)cccn1-c1ccc2c(cnn2CCN2CCCC2)c1. The molecular formula is C25H23Cl2F3N4O. The number of nitrogens with zero attached hydrogens (tertiary/aromatic N) is 4. The lowest BCUT2D eigenvalue weighted by atomic mass is 10.0. The van der Waals surface area contributed by atoms with Crippen molar-refractivity contribution in [3.8, 4) is 16.8 Å². The van der Waals surface area contributed by atoms with Gasteiger partial charge in [-0.15, -0.1) is 12.4 Å². The lowest BCUT2D eigenvalue weighted by Crippen LogP contribution is -2.24. The maximum absolute atomic E-state index is 13.3. The van der Waals surface area contributed by atoms with Gasteiger partial charge < -0.3 is 4.90 Å². The molecule has 0 spiro atoms. The van der Waals surface area contributed by atoms with Gasteiger partial charge in [-0.3, -0.25) is 14.0 Å². The summed E-state index contributed by atoms with van der Waals surface area (Å²) < 4.78 is 42.4. The van der Waals surface area contributed by atoms with Crippen LogP contribution in [0.4, 0.5) is 13.2 Å². The second-order valence-electron chi connectivity index (χ2n) is 8.45. The Morgan fingerprint density at radius 1 is 0.971 bits per heavy atom. The van der Waals surface area contributed by atoms with Crippen LogP contribution in [0, 0.1) is 0 Å². The first-order valence-electron chi connectivity index (χ1n) is 11.1. The van der Waals surface area contributed by atoms with Gasteiger partial charge in [-0.2, -0.15) is 18.3 Å². The minimum atomic E-state index is -4.51. The third-order valence-electron chi connectivity index (χ3n) is 6.26. The third-order valence-corrected chi connectivity index (χ3v) is 6.58. The summed E-state index contributed by atoms with van der Waals surface area (Å²) in [6, 6.07) is 11.9. The van der Waals surface area contributed by atoms with Crippen LogP contribution in [0.15, 0.2) is 65.7 Å². The van der Waals surface area contributed by atoms with Gasteiger partial charge in [-0.05, 0) is 68.4 Å². The molecule has 0 radical (unpaired) electrons. The average molecular weight is 523 g/mol. The summed E-state index contributed by atoms with van der Waals surface area (Å²) in [4.78, 5) is 15.7. The smallest absolute Gasteiger partial charge is 0.301 e. The summed E-state index contributed by atoms with van der Waals surface area (Å²) in [5.74, 6) is 0. The maximum atomic E-state index is 13.3. The number of halogens is 5. The van der Waals surface area contributed by atoms with Crippen molar-refractivity contribution in [2.24, 2.45) is 0 Å². The molecule has 0 saturated carbocycles. The number of alkyl halides is 3. The summed E-state index contributed by atoms with van der Waals surface area (Å²) in [6.45, 7) is 4.01. The molecule has 0 unspecified atom stereocenters. The fourth-order valence-corrected chi connectivity index (χ4v) is 4.74. The van der Waals surface area contributed by atoms with Crippen molar-refractivity contribution in [3.05, 3.63) is 81.9 Å². The van der Waals surface area contributed by atoms with E-state index in [0.717, 1.165) is 49.2 Å². The number of aromatic nitrogens is 3. The molecule has 0 atom stereocenters. The zero-order chi connectivity index (χ0) is 23.9. The van der Waals surface area contributed by atoms with E-state index in [1.807, 2.05) is 22.9 Å². The predicted octanol–water partition coefficient (Wildman–Crippen LogP) is 6.04. The number of hydrogen-bond acceptors (Lipinski definition) is 3. The Labute approximate surface area is 211 Å². The van der Waals surface area contributed by atoms with Crippen LogP contribution in [-0.4, -0.2) is 38.9 Å². The van der Waals surface area contributed by atoms with Crippen LogP contribution in [0.5, 0.6) is 0 Å². The standard InChI is InChI=1S/C25H22ClF3N4O.ClH/c26-22-15-18(25(27,28)29)5-7-20(22)21-4-3-11-32(24(21)34)19-6-8-23-17(14-19)16-30-33(23)13-12-31-9-1-2-10-31;/h3-8,11,14-16H,1-2,9-10,12-13H2;1H. The molecule has 35 heavy (non-hydrogen) atoms. The molecule has 5 rings (SSSR count). The Kier molecular flexibility index (Phi) is 7.26. The van der Waals surface area contributed by atoms with E-state index in [1.165, 1.54) is 23.5 Å². The van der Waals surface area contributed by atoms with Crippen molar-refractivity contribution in [2.75, 3.05) is 19.6 Å². The largest absolute Gasteiger partial charge is 0.416 e. The minimum absolute atomic E-state index is 0. The minimum Gasteiger partial charge on any atom is -0.301 e. The first kappa shape index (κ1) is 25.3. The molecule has 0 amide bonds. The fourth-order valence-electron chi connectivity index (χ4n) is 4.46. The highest BCUT2D eigenvalue weighted by molar-refractivity contribution is 6.33. The van der Waals surface area contributed by atoms with Gasteiger partial charge in [0.05, 0.1) is 23.8 Å². The Balaban J connectivity index is 0.00000289. The van der Waals surface area contributed by atoms with Gasteiger partial charge in [0.25, 0.3) is 5.56 Å². The van der Waals surface area contributed by atoms with Crippen molar-refractivity contribution < 1.29 is 13.2 Å². The van der Waals surface area contributed by atoms with Crippen LogP contribution in [0.3, 0.4) is 0 Å². The second kappa shape index (κ2) is 10.0. The highest BCUT2D eigenvalue weighted by atomic mass is 35.5. The third kappa shape index (κ3) is 5.10. The summed E-state index contributed by atoms with van der Waals surface area (Å²) in [6.07, 6.45) is 1.39. The molecule has 2 aromatic heterocycles. The Hall–Kier alpha value is -2.81. The van der Waals surface area contributed by atoms with Crippen LogP contribution in [0.25, 0.3) is 27.7 Å². The van der Waals surface area contributed by atoms with E-state index >= 15 is 0 Å². The molecule has 4 aromatic rings. The molecule has 1 aliphatic heterocycles. The molecule has 5 nitrogen and oxygen atoms in total. The average Bonchev–Trinajstić information content (AvgIpc) is 3.47. The van der Waals surface area contributed by atoms with E-state index in [4.69, 9.17) is 11.6 Å².